The minimum atomic E-state index is -1.02. The van der Waals surface area contributed by atoms with Crippen LogP contribution in [0, 0.1) is 0 Å². The van der Waals surface area contributed by atoms with E-state index in [0.717, 1.165) is 0 Å². The third-order valence-corrected chi connectivity index (χ3v) is 2.07. The molecule has 0 aliphatic rings. The lowest BCUT2D eigenvalue weighted by atomic mass is 10.1. The maximum atomic E-state index is 11.8. The number of hydrogen-bond acceptors (Lipinski definition) is 4. The molecule has 0 spiro atoms. The molecule has 102 valence electrons. The molecule has 0 saturated carbocycles. The van der Waals surface area contributed by atoms with Crippen LogP contribution in [0.3, 0.4) is 0 Å². The molecule has 0 heterocycles. The van der Waals surface area contributed by atoms with Gasteiger partial charge in [-0.1, -0.05) is 30.3 Å². The number of urea groups is 1. The zero-order valence-corrected chi connectivity index (χ0v) is 9.96. The van der Waals surface area contributed by atoms with Crippen molar-refractivity contribution in [3.63, 3.8) is 0 Å². The number of amides is 4. The molecule has 0 radical (unpaired) electrons. The highest BCUT2D eigenvalue weighted by molar-refractivity contribution is 5.87. The van der Waals surface area contributed by atoms with Crippen LogP contribution in [0.4, 0.5) is 4.79 Å². The lowest BCUT2D eigenvalue weighted by Crippen LogP contribution is -2.43. The number of nitrogens with two attached hydrogens (primary N) is 2. The number of carbonyl (C=O) groups is 3. The summed E-state index contributed by atoms with van der Waals surface area (Å²) in [6.07, 6.45) is 0. The van der Waals surface area contributed by atoms with Gasteiger partial charge in [-0.15, -0.1) is 0 Å². The monoisotopic (exact) mass is 266 g/mol. The molecule has 1 rings (SSSR count). The summed E-state index contributed by atoms with van der Waals surface area (Å²) >= 11 is 0. The van der Waals surface area contributed by atoms with Crippen LogP contribution < -0.4 is 22.3 Å². The van der Waals surface area contributed by atoms with Gasteiger partial charge in [-0.25, -0.2) is 10.3 Å². The van der Waals surface area contributed by atoms with Crippen molar-refractivity contribution >= 4 is 17.8 Å². The minimum Gasteiger partial charge on any atom is -0.368 e. The van der Waals surface area contributed by atoms with Gasteiger partial charge >= 0.3 is 6.03 Å². The molecule has 0 saturated heterocycles. The molecule has 6 N–H and O–H groups in total. The van der Waals surface area contributed by atoms with Crippen LogP contribution in [-0.4, -0.2) is 24.5 Å². The highest BCUT2D eigenvalue weighted by Crippen LogP contribution is 2.12. The van der Waals surface area contributed by atoms with Gasteiger partial charge in [0.2, 0.25) is 5.91 Å². The first kappa shape index (κ1) is 14.5. The van der Waals surface area contributed by atoms with Crippen LogP contribution >= 0.6 is 0 Å². The van der Waals surface area contributed by atoms with Crippen LogP contribution in [0.5, 0.6) is 0 Å². The van der Waals surface area contributed by atoms with Gasteiger partial charge in [-0.05, 0) is 5.56 Å². The first-order chi connectivity index (χ1) is 9.00. The lowest BCUT2D eigenvalue weighted by Gasteiger charge is -2.17. The standard InChI is InChI=1S/C11H14N4O4/c12-8(16)6-19-15-10(17)9(14-11(13)18)7-4-2-1-3-5-7/h1-5,9H,6H2,(H2,12,16)(H,15,17)(H3,13,14,18). The fourth-order valence-electron chi connectivity index (χ4n) is 1.33. The number of nitrogens with one attached hydrogen (secondary N) is 2. The molecule has 0 aromatic heterocycles. The van der Waals surface area contributed by atoms with Crippen LogP contribution in [0.1, 0.15) is 11.6 Å². The molecule has 0 aliphatic heterocycles. The molecular weight excluding hydrogens is 252 g/mol. The number of primary amides is 2. The summed E-state index contributed by atoms with van der Waals surface area (Å²) in [6.45, 7) is -0.468. The summed E-state index contributed by atoms with van der Waals surface area (Å²) < 4.78 is 0. The van der Waals surface area contributed by atoms with Gasteiger partial charge in [-0.3, -0.25) is 14.4 Å². The predicted molar refractivity (Wildman–Crippen MR) is 65.2 cm³/mol. The smallest absolute Gasteiger partial charge is 0.313 e. The number of hydrogen-bond donors (Lipinski definition) is 4. The van der Waals surface area contributed by atoms with Gasteiger partial charge < -0.3 is 16.8 Å². The molecule has 8 heteroatoms. The maximum absolute atomic E-state index is 11.8. The summed E-state index contributed by atoms with van der Waals surface area (Å²) in [7, 11) is 0. The third-order valence-electron chi connectivity index (χ3n) is 2.07. The molecule has 8 nitrogen and oxygen atoms in total. The van der Waals surface area contributed by atoms with Crippen LogP contribution in [0.25, 0.3) is 0 Å². The van der Waals surface area contributed by atoms with E-state index in [-0.39, 0.29) is 0 Å². The van der Waals surface area contributed by atoms with E-state index in [0.29, 0.717) is 5.56 Å². The second-order valence-electron chi connectivity index (χ2n) is 3.57. The minimum absolute atomic E-state index is 0.468. The number of benzene rings is 1. The summed E-state index contributed by atoms with van der Waals surface area (Å²) in [5, 5.41) is 2.26. The van der Waals surface area contributed by atoms with Crippen molar-refractivity contribution in [1.82, 2.24) is 10.8 Å². The Kier molecular flexibility index (Phi) is 5.30. The summed E-state index contributed by atoms with van der Waals surface area (Å²) in [6, 6.07) is 6.53. The predicted octanol–water partition coefficient (Wildman–Crippen LogP) is -1.07. The van der Waals surface area contributed by atoms with Crippen LogP contribution in [-0.2, 0) is 14.4 Å². The molecule has 1 aromatic carbocycles. The topological polar surface area (TPSA) is 137 Å². The molecule has 0 fully saturated rings. The van der Waals surface area contributed by atoms with Gasteiger partial charge in [0, 0.05) is 0 Å². The quantitative estimate of drug-likeness (QED) is 0.487. The van der Waals surface area contributed by atoms with Crippen molar-refractivity contribution < 1.29 is 19.2 Å². The highest BCUT2D eigenvalue weighted by atomic mass is 16.7. The zero-order valence-electron chi connectivity index (χ0n) is 9.96. The summed E-state index contributed by atoms with van der Waals surface area (Å²) in [5.41, 5.74) is 12.4. The van der Waals surface area contributed by atoms with Gasteiger partial charge in [0.05, 0.1) is 0 Å². The van der Waals surface area contributed by atoms with E-state index in [2.05, 4.69) is 10.2 Å². The first-order valence-corrected chi connectivity index (χ1v) is 5.31. The van der Waals surface area contributed by atoms with E-state index >= 15 is 0 Å². The summed E-state index contributed by atoms with van der Waals surface area (Å²) in [5.74, 6) is -1.41. The summed E-state index contributed by atoms with van der Waals surface area (Å²) in [4.78, 5) is 37.7. The van der Waals surface area contributed by atoms with Crippen molar-refractivity contribution in [1.29, 1.82) is 0 Å². The Morgan fingerprint density at radius 3 is 2.32 bits per heavy atom. The zero-order chi connectivity index (χ0) is 14.3. The van der Waals surface area contributed by atoms with Crippen LogP contribution in [0.15, 0.2) is 30.3 Å². The normalized spacial score (nSPS) is 11.4. The van der Waals surface area contributed by atoms with Crippen molar-refractivity contribution in [3.8, 4) is 0 Å². The van der Waals surface area contributed by atoms with Crippen LogP contribution in [0.2, 0.25) is 0 Å². The Balaban J connectivity index is 2.71. The van der Waals surface area contributed by atoms with Gasteiger partial charge in [0.1, 0.15) is 6.04 Å². The molecule has 4 amide bonds. The van der Waals surface area contributed by atoms with Crippen molar-refractivity contribution in [2.45, 2.75) is 6.04 Å². The van der Waals surface area contributed by atoms with E-state index in [1.807, 2.05) is 5.48 Å². The number of carbonyl (C=O) groups excluding carboxylic acids is 3. The molecule has 0 bridgehead atoms. The molecule has 19 heavy (non-hydrogen) atoms. The van der Waals surface area contributed by atoms with Crippen molar-refractivity contribution in [2.24, 2.45) is 11.5 Å². The highest BCUT2D eigenvalue weighted by Gasteiger charge is 2.21. The average Bonchev–Trinajstić information content (AvgIpc) is 2.36. The maximum Gasteiger partial charge on any atom is 0.313 e. The lowest BCUT2D eigenvalue weighted by molar-refractivity contribution is -0.139. The average molecular weight is 266 g/mol. The number of hydroxylamine groups is 1. The van der Waals surface area contributed by atoms with E-state index in [4.69, 9.17) is 11.5 Å². The molecule has 1 unspecified atom stereocenters. The molecule has 1 atom stereocenters. The largest absolute Gasteiger partial charge is 0.368 e. The van der Waals surface area contributed by atoms with E-state index in [1.54, 1.807) is 30.3 Å². The Hall–Kier alpha value is -2.61. The Morgan fingerprint density at radius 2 is 1.79 bits per heavy atom. The second kappa shape index (κ2) is 6.97. The van der Waals surface area contributed by atoms with Gasteiger partial charge in [-0.2, -0.15) is 0 Å². The van der Waals surface area contributed by atoms with Crippen molar-refractivity contribution in [2.75, 3.05) is 6.61 Å². The van der Waals surface area contributed by atoms with Gasteiger partial charge in [0.15, 0.2) is 6.61 Å². The molecule has 1 aromatic rings. The SMILES string of the molecule is NC(=O)CONC(=O)C(NC(N)=O)c1ccccc1. The Labute approximate surface area is 109 Å². The van der Waals surface area contributed by atoms with Crippen molar-refractivity contribution in [3.05, 3.63) is 35.9 Å². The third kappa shape index (κ3) is 5.04. The second-order valence-corrected chi connectivity index (χ2v) is 3.57. The molecular formula is C11H14N4O4. The Morgan fingerprint density at radius 1 is 1.16 bits per heavy atom. The fraction of sp³-hybridized carbons (Fsp3) is 0.182. The fourth-order valence-corrected chi connectivity index (χ4v) is 1.33. The van der Waals surface area contributed by atoms with Gasteiger partial charge in [0.25, 0.3) is 5.91 Å². The molecule has 0 aliphatic carbocycles. The van der Waals surface area contributed by atoms with E-state index in [9.17, 15) is 14.4 Å². The number of rotatable bonds is 6. The van der Waals surface area contributed by atoms with E-state index in [1.165, 1.54) is 0 Å². The van der Waals surface area contributed by atoms with E-state index < -0.39 is 30.5 Å². The first-order valence-electron chi connectivity index (χ1n) is 5.31. The Bertz CT molecular complexity index is 463.